The Kier molecular flexibility index (Phi) is 4.49. The molecule has 0 fully saturated rings. The molecule has 1 aromatic heterocycles. The third-order valence-corrected chi connectivity index (χ3v) is 2.72. The molecule has 0 radical (unpaired) electrons. The summed E-state index contributed by atoms with van der Waals surface area (Å²) in [7, 11) is 1.52. The molecule has 5 heteroatoms. The Morgan fingerprint density at radius 3 is 2.88 bits per heavy atom. The van der Waals surface area contributed by atoms with Gasteiger partial charge in [-0.1, -0.05) is 6.92 Å². The van der Waals surface area contributed by atoms with E-state index in [-0.39, 0.29) is 0 Å². The van der Waals surface area contributed by atoms with Gasteiger partial charge in [0.25, 0.3) is 0 Å². The largest absolute Gasteiger partial charge is 0.481 e. The molecule has 0 bridgehead atoms. The van der Waals surface area contributed by atoms with Crippen molar-refractivity contribution in [3.8, 4) is 5.88 Å². The number of nitrogens with zero attached hydrogens (tertiary/aromatic N) is 1. The molecule has 86 valence electrons. The zero-order chi connectivity index (χ0) is 12.1. The summed E-state index contributed by atoms with van der Waals surface area (Å²) in [6, 6.07) is 1.68. The van der Waals surface area contributed by atoms with E-state index in [0.29, 0.717) is 17.9 Å². The van der Waals surface area contributed by atoms with Crippen LogP contribution < -0.4 is 4.74 Å². The molecule has 0 amide bonds. The number of hydrogen-bond acceptors (Lipinski definition) is 3. The van der Waals surface area contributed by atoms with Gasteiger partial charge in [0.2, 0.25) is 5.88 Å². The van der Waals surface area contributed by atoms with E-state index in [1.165, 1.54) is 7.11 Å². The zero-order valence-corrected chi connectivity index (χ0v) is 10.6. The fraction of sp³-hybridized carbons (Fsp3) is 0.273. The van der Waals surface area contributed by atoms with Gasteiger partial charge in [0.1, 0.15) is 0 Å². The van der Waals surface area contributed by atoms with Crippen molar-refractivity contribution in [2.24, 2.45) is 0 Å². The monoisotopic (exact) mass is 285 g/mol. The third-order valence-electron chi connectivity index (χ3n) is 2.05. The molecular weight excluding hydrogens is 274 g/mol. The maximum atomic E-state index is 10.9. The van der Waals surface area contributed by atoms with Crippen molar-refractivity contribution in [2.75, 3.05) is 7.11 Å². The van der Waals surface area contributed by atoms with Gasteiger partial charge in [-0.3, -0.25) is 0 Å². The molecule has 0 aliphatic rings. The van der Waals surface area contributed by atoms with Gasteiger partial charge >= 0.3 is 5.97 Å². The molecule has 1 rings (SSSR count). The molecule has 0 unspecified atom stereocenters. The lowest BCUT2D eigenvalue weighted by molar-refractivity contribution is -0.132. The average Bonchev–Trinajstić information content (AvgIpc) is 2.27. The standard InChI is InChI=1S/C11H12BrNO3/c1-3-7(11(14)15)4-8-5-10(16-2)13-6-9(8)12/h4-6H,3H2,1-2H3,(H,14,15). The van der Waals surface area contributed by atoms with Crippen LogP contribution in [-0.2, 0) is 4.79 Å². The summed E-state index contributed by atoms with van der Waals surface area (Å²) in [5.74, 6) is -0.458. The quantitative estimate of drug-likeness (QED) is 0.864. The second kappa shape index (κ2) is 5.65. The number of halogens is 1. The highest BCUT2D eigenvalue weighted by molar-refractivity contribution is 9.10. The maximum Gasteiger partial charge on any atom is 0.331 e. The van der Waals surface area contributed by atoms with E-state index in [0.717, 1.165) is 10.0 Å². The first kappa shape index (κ1) is 12.7. The second-order valence-electron chi connectivity index (χ2n) is 3.08. The average molecular weight is 286 g/mol. The van der Waals surface area contributed by atoms with Crippen LogP contribution in [0, 0.1) is 0 Å². The molecule has 4 nitrogen and oxygen atoms in total. The summed E-state index contributed by atoms with van der Waals surface area (Å²) >= 11 is 3.31. The number of carbonyl (C=O) groups is 1. The van der Waals surface area contributed by atoms with Gasteiger partial charge in [0, 0.05) is 22.3 Å². The predicted molar refractivity (Wildman–Crippen MR) is 64.4 cm³/mol. The number of hydrogen-bond donors (Lipinski definition) is 1. The van der Waals surface area contributed by atoms with Crippen LogP contribution in [0.3, 0.4) is 0 Å². The lowest BCUT2D eigenvalue weighted by atomic mass is 10.1. The van der Waals surface area contributed by atoms with Crippen LogP contribution in [0.15, 0.2) is 22.3 Å². The van der Waals surface area contributed by atoms with E-state index in [4.69, 9.17) is 9.84 Å². The van der Waals surface area contributed by atoms with Crippen molar-refractivity contribution in [3.05, 3.63) is 27.9 Å². The van der Waals surface area contributed by atoms with Crippen molar-refractivity contribution in [3.63, 3.8) is 0 Å². The molecule has 0 aliphatic carbocycles. The van der Waals surface area contributed by atoms with Crippen LogP contribution in [-0.4, -0.2) is 23.2 Å². The predicted octanol–water partition coefficient (Wildman–Crippen LogP) is 2.73. The highest BCUT2D eigenvalue weighted by atomic mass is 79.9. The van der Waals surface area contributed by atoms with Crippen molar-refractivity contribution in [1.82, 2.24) is 4.98 Å². The van der Waals surface area contributed by atoms with Crippen LogP contribution in [0.2, 0.25) is 0 Å². The van der Waals surface area contributed by atoms with Crippen molar-refractivity contribution in [1.29, 1.82) is 0 Å². The Morgan fingerprint density at radius 1 is 1.69 bits per heavy atom. The number of aliphatic carboxylic acids is 1. The number of methoxy groups -OCH3 is 1. The topological polar surface area (TPSA) is 59.4 Å². The van der Waals surface area contributed by atoms with Gasteiger partial charge in [-0.25, -0.2) is 9.78 Å². The molecular formula is C11H12BrNO3. The van der Waals surface area contributed by atoms with Crippen molar-refractivity contribution >= 4 is 28.0 Å². The SMILES string of the molecule is CCC(=Cc1cc(OC)ncc1Br)C(=O)O. The minimum atomic E-state index is -0.912. The Bertz CT molecular complexity index is 429. The van der Waals surface area contributed by atoms with E-state index in [1.54, 1.807) is 25.3 Å². The molecule has 0 saturated carbocycles. The van der Waals surface area contributed by atoms with Gasteiger partial charge < -0.3 is 9.84 Å². The number of rotatable bonds is 4. The van der Waals surface area contributed by atoms with E-state index in [2.05, 4.69) is 20.9 Å². The summed E-state index contributed by atoms with van der Waals surface area (Å²) in [6.07, 6.45) is 3.66. The lowest BCUT2D eigenvalue weighted by Crippen LogP contribution is -1.99. The van der Waals surface area contributed by atoms with E-state index < -0.39 is 5.97 Å². The number of aromatic nitrogens is 1. The van der Waals surface area contributed by atoms with Gasteiger partial charge in [-0.05, 0) is 34.0 Å². The van der Waals surface area contributed by atoms with E-state index in [1.807, 2.05) is 0 Å². The van der Waals surface area contributed by atoms with Crippen molar-refractivity contribution < 1.29 is 14.6 Å². The van der Waals surface area contributed by atoms with Gasteiger partial charge in [-0.15, -0.1) is 0 Å². The maximum absolute atomic E-state index is 10.9. The highest BCUT2D eigenvalue weighted by Crippen LogP contribution is 2.23. The first-order chi connectivity index (χ1) is 7.58. The molecule has 16 heavy (non-hydrogen) atoms. The minimum absolute atomic E-state index is 0.342. The Hall–Kier alpha value is -1.36. The number of ether oxygens (including phenoxy) is 1. The first-order valence-corrected chi connectivity index (χ1v) is 5.51. The summed E-state index contributed by atoms with van der Waals surface area (Å²) in [5, 5.41) is 8.92. The Morgan fingerprint density at radius 2 is 2.38 bits per heavy atom. The van der Waals surface area contributed by atoms with E-state index in [9.17, 15) is 4.79 Å². The fourth-order valence-corrected chi connectivity index (χ4v) is 1.49. The zero-order valence-electron chi connectivity index (χ0n) is 9.03. The summed E-state index contributed by atoms with van der Waals surface area (Å²) in [4.78, 5) is 14.9. The summed E-state index contributed by atoms with van der Waals surface area (Å²) in [6.45, 7) is 1.80. The molecule has 0 aliphatic heterocycles. The molecule has 0 saturated heterocycles. The first-order valence-electron chi connectivity index (χ1n) is 4.71. The van der Waals surface area contributed by atoms with Crippen LogP contribution in [0.25, 0.3) is 6.08 Å². The molecule has 0 aromatic carbocycles. The molecule has 0 spiro atoms. The smallest absolute Gasteiger partial charge is 0.331 e. The van der Waals surface area contributed by atoms with E-state index >= 15 is 0 Å². The van der Waals surface area contributed by atoms with Gasteiger partial charge in [-0.2, -0.15) is 0 Å². The molecule has 1 N–H and O–H groups in total. The van der Waals surface area contributed by atoms with Gasteiger partial charge in [0.15, 0.2) is 0 Å². The molecule has 1 aromatic rings. The number of carboxylic acids is 1. The van der Waals surface area contributed by atoms with Crippen LogP contribution in [0.5, 0.6) is 5.88 Å². The minimum Gasteiger partial charge on any atom is -0.481 e. The Balaban J connectivity index is 3.16. The summed E-state index contributed by atoms with van der Waals surface area (Å²) < 4.78 is 5.71. The van der Waals surface area contributed by atoms with Crippen LogP contribution in [0.1, 0.15) is 18.9 Å². The third kappa shape index (κ3) is 3.06. The van der Waals surface area contributed by atoms with Crippen LogP contribution in [0.4, 0.5) is 0 Å². The normalized spacial score (nSPS) is 11.3. The molecule has 1 heterocycles. The second-order valence-corrected chi connectivity index (χ2v) is 3.93. The highest BCUT2D eigenvalue weighted by Gasteiger charge is 2.07. The number of carboxylic acid groups (broad SMARTS) is 1. The van der Waals surface area contributed by atoms with Gasteiger partial charge in [0.05, 0.1) is 7.11 Å². The summed E-state index contributed by atoms with van der Waals surface area (Å²) in [5.41, 5.74) is 1.08. The van der Waals surface area contributed by atoms with Crippen molar-refractivity contribution in [2.45, 2.75) is 13.3 Å². The fourth-order valence-electron chi connectivity index (χ4n) is 1.16. The lowest BCUT2D eigenvalue weighted by Gasteiger charge is -2.04. The number of pyridine rings is 1. The molecule has 0 atom stereocenters. The van der Waals surface area contributed by atoms with Crippen LogP contribution >= 0.6 is 15.9 Å². The Labute approximate surface area is 102 Å².